The van der Waals surface area contributed by atoms with E-state index >= 15 is 0 Å². The summed E-state index contributed by atoms with van der Waals surface area (Å²) in [7, 11) is 0. The summed E-state index contributed by atoms with van der Waals surface area (Å²) in [5, 5.41) is 9.02. The van der Waals surface area contributed by atoms with E-state index in [1.54, 1.807) is 0 Å². The van der Waals surface area contributed by atoms with Crippen LogP contribution in [0.15, 0.2) is 30.3 Å². The maximum atomic E-state index is 11.0. The van der Waals surface area contributed by atoms with Gasteiger partial charge >= 0.3 is 11.9 Å². The molecule has 0 aliphatic carbocycles. The van der Waals surface area contributed by atoms with E-state index in [2.05, 4.69) is 31.2 Å². The number of aliphatic carboxylic acids is 1. The Bertz CT molecular complexity index is 601. The lowest BCUT2D eigenvalue weighted by Gasteiger charge is -2.13. The fraction of sp³-hybridized carbons (Fsp3) is 0.704. The number of hydrogen-bond acceptors (Lipinski definition) is 4. The molecule has 1 N–H and O–H groups in total. The zero-order valence-corrected chi connectivity index (χ0v) is 20.2. The summed E-state index contributed by atoms with van der Waals surface area (Å²) in [6.07, 6.45) is 15.4. The highest BCUT2D eigenvalue weighted by atomic mass is 16.6. The molecule has 0 bridgehead atoms. The molecule has 0 aromatic heterocycles. The Morgan fingerprint density at radius 2 is 1.25 bits per heavy atom. The third-order valence-electron chi connectivity index (χ3n) is 5.79. The number of carboxylic acids is 1. The molecule has 0 aliphatic rings. The second kappa shape index (κ2) is 18.7. The minimum absolute atomic E-state index is 0.326. The van der Waals surface area contributed by atoms with Crippen molar-refractivity contribution in [3.63, 3.8) is 0 Å². The van der Waals surface area contributed by atoms with Gasteiger partial charge in [-0.05, 0) is 31.7 Å². The van der Waals surface area contributed by atoms with Crippen molar-refractivity contribution in [1.29, 1.82) is 0 Å². The molecule has 2 atom stereocenters. The number of carboxylic acid groups (broad SMARTS) is 1. The summed E-state index contributed by atoms with van der Waals surface area (Å²) >= 11 is 0. The van der Waals surface area contributed by atoms with Crippen LogP contribution in [0.4, 0.5) is 0 Å². The number of benzene rings is 1. The van der Waals surface area contributed by atoms with Crippen molar-refractivity contribution in [2.75, 3.05) is 0 Å². The van der Waals surface area contributed by atoms with Crippen LogP contribution in [-0.2, 0) is 25.7 Å². The molecule has 1 rings (SSSR count). The maximum absolute atomic E-state index is 11.0. The average molecular weight is 449 g/mol. The van der Waals surface area contributed by atoms with Gasteiger partial charge in [0.15, 0.2) is 6.10 Å². The van der Waals surface area contributed by atoms with Crippen molar-refractivity contribution in [1.82, 2.24) is 0 Å². The van der Waals surface area contributed by atoms with Gasteiger partial charge in [-0.15, -0.1) is 0 Å². The van der Waals surface area contributed by atoms with Crippen LogP contribution in [0.1, 0.15) is 109 Å². The largest absolute Gasteiger partial charge is 0.479 e. The third kappa shape index (κ3) is 15.9. The van der Waals surface area contributed by atoms with Gasteiger partial charge in [0.2, 0.25) is 0 Å². The Hall–Kier alpha value is -1.88. The molecule has 32 heavy (non-hydrogen) atoms. The summed E-state index contributed by atoms with van der Waals surface area (Å²) in [6.45, 7) is 4.13. The second-order valence-corrected chi connectivity index (χ2v) is 8.86. The van der Waals surface area contributed by atoms with E-state index in [0.717, 1.165) is 25.7 Å². The number of hydrogen-bond donors (Lipinski definition) is 1. The maximum Gasteiger partial charge on any atom is 0.345 e. The van der Waals surface area contributed by atoms with Crippen molar-refractivity contribution >= 4 is 11.9 Å². The summed E-state index contributed by atoms with van der Waals surface area (Å²) in [4.78, 5) is 21.9. The predicted molar refractivity (Wildman–Crippen MR) is 129 cm³/mol. The standard InChI is InChI=1S/C27H44O5/c1-23(31-22-25-19-15-13-16-20-25)18-14-11-9-7-5-3-4-6-8-10-12-17-21-26(27(29)30)32-24(2)28/h13,15-16,19-20,23,26H,3-12,14,17-18,21-22H2,1-2H3,(H,29,30). The first-order chi connectivity index (χ1) is 15.5. The molecule has 2 unspecified atom stereocenters. The average Bonchev–Trinajstić information content (AvgIpc) is 2.77. The van der Waals surface area contributed by atoms with Crippen molar-refractivity contribution in [2.24, 2.45) is 0 Å². The van der Waals surface area contributed by atoms with E-state index in [0.29, 0.717) is 19.1 Å². The molecule has 0 radical (unpaired) electrons. The Morgan fingerprint density at radius 1 is 0.781 bits per heavy atom. The van der Waals surface area contributed by atoms with E-state index in [-0.39, 0.29) is 0 Å². The SMILES string of the molecule is CC(=O)OC(CCCCCCCCCCCCCCC(C)OCc1ccccc1)C(=O)O. The molecular formula is C27H44O5. The lowest BCUT2D eigenvalue weighted by molar-refractivity contribution is -0.163. The Kier molecular flexibility index (Phi) is 16.4. The molecule has 1 aromatic carbocycles. The van der Waals surface area contributed by atoms with E-state index < -0.39 is 18.0 Å². The summed E-state index contributed by atoms with van der Waals surface area (Å²) in [5.74, 6) is -1.58. The zero-order chi connectivity index (χ0) is 23.4. The zero-order valence-electron chi connectivity index (χ0n) is 20.2. The van der Waals surface area contributed by atoms with Gasteiger partial charge in [-0.3, -0.25) is 4.79 Å². The van der Waals surface area contributed by atoms with E-state index in [9.17, 15) is 9.59 Å². The third-order valence-corrected chi connectivity index (χ3v) is 5.79. The highest BCUT2D eigenvalue weighted by molar-refractivity contribution is 5.76. The van der Waals surface area contributed by atoms with Crippen LogP contribution in [0.25, 0.3) is 0 Å². The number of esters is 1. The number of rotatable bonds is 20. The summed E-state index contributed by atoms with van der Waals surface area (Å²) < 4.78 is 10.7. The lowest BCUT2D eigenvalue weighted by Crippen LogP contribution is -2.25. The summed E-state index contributed by atoms with van der Waals surface area (Å²) in [6, 6.07) is 10.4. The Balaban J connectivity index is 1.83. The normalized spacial score (nSPS) is 12.9. The van der Waals surface area contributed by atoms with Crippen LogP contribution >= 0.6 is 0 Å². The highest BCUT2D eigenvalue weighted by Crippen LogP contribution is 2.15. The number of ether oxygens (including phenoxy) is 2. The van der Waals surface area contributed by atoms with Gasteiger partial charge in [0.25, 0.3) is 0 Å². The molecule has 0 amide bonds. The molecule has 0 saturated heterocycles. The molecule has 0 saturated carbocycles. The van der Waals surface area contributed by atoms with Crippen LogP contribution in [0.5, 0.6) is 0 Å². The van der Waals surface area contributed by atoms with Gasteiger partial charge in [0, 0.05) is 6.92 Å². The molecule has 0 fully saturated rings. The van der Waals surface area contributed by atoms with Crippen molar-refractivity contribution < 1.29 is 24.2 Å². The molecule has 0 aliphatic heterocycles. The first kappa shape index (κ1) is 28.2. The van der Waals surface area contributed by atoms with Crippen LogP contribution in [0.2, 0.25) is 0 Å². The molecular weight excluding hydrogens is 404 g/mol. The molecule has 5 heteroatoms. The quantitative estimate of drug-likeness (QED) is 0.171. The first-order valence-electron chi connectivity index (χ1n) is 12.5. The van der Waals surface area contributed by atoms with Gasteiger partial charge in [-0.2, -0.15) is 0 Å². The molecule has 0 heterocycles. The van der Waals surface area contributed by atoms with Gasteiger partial charge in [0.1, 0.15) is 0 Å². The van der Waals surface area contributed by atoms with Crippen LogP contribution < -0.4 is 0 Å². The van der Waals surface area contributed by atoms with Gasteiger partial charge in [0.05, 0.1) is 12.7 Å². The first-order valence-corrected chi connectivity index (χ1v) is 12.5. The van der Waals surface area contributed by atoms with E-state index in [1.807, 2.05) is 6.07 Å². The summed E-state index contributed by atoms with van der Waals surface area (Å²) in [5.41, 5.74) is 1.24. The van der Waals surface area contributed by atoms with Crippen molar-refractivity contribution in [3.8, 4) is 0 Å². The molecule has 0 spiro atoms. The fourth-order valence-corrected chi connectivity index (χ4v) is 3.86. The van der Waals surface area contributed by atoms with Crippen molar-refractivity contribution in [3.05, 3.63) is 35.9 Å². The topological polar surface area (TPSA) is 72.8 Å². The number of unbranched alkanes of at least 4 members (excludes halogenated alkanes) is 11. The molecule has 5 nitrogen and oxygen atoms in total. The monoisotopic (exact) mass is 448 g/mol. The second-order valence-electron chi connectivity index (χ2n) is 8.86. The van der Waals surface area contributed by atoms with Crippen molar-refractivity contribution in [2.45, 2.75) is 123 Å². The minimum Gasteiger partial charge on any atom is -0.479 e. The minimum atomic E-state index is -1.05. The van der Waals surface area contributed by atoms with E-state index in [1.165, 1.54) is 70.3 Å². The van der Waals surface area contributed by atoms with Crippen LogP contribution in [0, 0.1) is 0 Å². The fourth-order valence-electron chi connectivity index (χ4n) is 3.86. The number of carbonyl (C=O) groups excluding carboxylic acids is 1. The van der Waals surface area contributed by atoms with Gasteiger partial charge in [-0.1, -0.05) is 101 Å². The predicted octanol–water partition coefficient (Wildman–Crippen LogP) is 7.07. The smallest absolute Gasteiger partial charge is 0.345 e. The highest BCUT2D eigenvalue weighted by Gasteiger charge is 2.19. The lowest BCUT2D eigenvalue weighted by atomic mass is 10.0. The molecule has 182 valence electrons. The van der Waals surface area contributed by atoms with Crippen LogP contribution in [-0.4, -0.2) is 29.3 Å². The molecule has 1 aromatic rings. The van der Waals surface area contributed by atoms with Crippen LogP contribution in [0.3, 0.4) is 0 Å². The Labute approximate surface area is 194 Å². The van der Waals surface area contributed by atoms with Gasteiger partial charge in [-0.25, -0.2) is 4.79 Å². The number of carbonyl (C=O) groups is 2. The van der Waals surface area contributed by atoms with E-state index in [4.69, 9.17) is 14.6 Å². The van der Waals surface area contributed by atoms with Gasteiger partial charge < -0.3 is 14.6 Å². The Morgan fingerprint density at radius 3 is 1.72 bits per heavy atom.